The van der Waals surface area contributed by atoms with Crippen molar-refractivity contribution >= 4 is 15.9 Å². The van der Waals surface area contributed by atoms with E-state index >= 15 is 0 Å². The van der Waals surface area contributed by atoms with Gasteiger partial charge in [0.15, 0.2) is 0 Å². The number of aliphatic hydroxyl groups excluding tert-OH is 1. The van der Waals surface area contributed by atoms with E-state index in [9.17, 15) is 9.50 Å². The molecule has 2 rings (SSSR count). The number of halogens is 2. The summed E-state index contributed by atoms with van der Waals surface area (Å²) >= 11 is 3.27. The first kappa shape index (κ1) is 12.1. The van der Waals surface area contributed by atoms with Gasteiger partial charge in [0, 0.05) is 34.5 Å². The fraction of sp³-hybridized carbons (Fsp3) is 0.167. The number of pyridine rings is 2. The Morgan fingerprint density at radius 1 is 1.29 bits per heavy atom. The highest BCUT2D eigenvalue weighted by Gasteiger charge is 2.13. The Bertz CT molecular complexity index is 504. The van der Waals surface area contributed by atoms with Crippen LogP contribution in [0.4, 0.5) is 4.39 Å². The molecule has 0 saturated heterocycles. The van der Waals surface area contributed by atoms with Crippen LogP contribution in [0.15, 0.2) is 41.3 Å². The molecule has 17 heavy (non-hydrogen) atoms. The predicted octanol–water partition coefficient (Wildman–Crippen LogP) is 2.65. The number of nitrogens with zero attached hydrogens (tertiary/aromatic N) is 2. The van der Waals surface area contributed by atoms with Gasteiger partial charge < -0.3 is 5.11 Å². The van der Waals surface area contributed by atoms with Gasteiger partial charge >= 0.3 is 0 Å². The molecule has 0 saturated carbocycles. The summed E-state index contributed by atoms with van der Waals surface area (Å²) in [5, 5.41) is 9.90. The summed E-state index contributed by atoms with van der Waals surface area (Å²) in [6.45, 7) is 0. The lowest BCUT2D eigenvalue weighted by Crippen LogP contribution is -2.05. The van der Waals surface area contributed by atoms with Crippen LogP contribution in [0.1, 0.15) is 17.4 Å². The largest absolute Gasteiger partial charge is 0.388 e. The zero-order valence-corrected chi connectivity index (χ0v) is 10.4. The third-order valence-electron chi connectivity index (χ3n) is 2.35. The van der Waals surface area contributed by atoms with Crippen LogP contribution in [0.3, 0.4) is 0 Å². The topological polar surface area (TPSA) is 46.0 Å². The second-order valence-corrected chi connectivity index (χ2v) is 4.50. The van der Waals surface area contributed by atoms with E-state index in [4.69, 9.17) is 0 Å². The Balaban J connectivity index is 2.14. The molecule has 1 unspecified atom stereocenters. The molecule has 0 aromatic carbocycles. The van der Waals surface area contributed by atoms with E-state index in [0.29, 0.717) is 5.69 Å². The summed E-state index contributed by atoms with van der Waals surface area (Å²) in [6, 6.07) is 5.09. The molecule has 0 aliphatic rings. The summed E-state index contributed by atoms with van der Waals surface area (Å²) in [4.78, 5) is 7.77. The van der Waals surface area contributed by atoms with Gasteiger partial charge in [0.25, 0.3) is 0 Å². The van der Waals surface area contributed by atoms with Gasteiger partial charge in [-0.2, -0.15) is 0 Å². The van der Waals surface area contributed by atoms with Crippen LogP contribution in [0, 0.1) is 5.82 Å². The molecule has 88 valence electrons. The van der Waals surface area contributed by atoms with Crippen molar-refractivity contribution in [3.8, 4) is 0 Å². The van der Waals surface area contributed by atoms with Gasteiger partial charge in [-0.1, -0.05) is 0 Å². The van der Waals surface area contributed by atoms with Crippen molar-refractivity contribution in [3.63, 3.8) is 0 Å². The van der Waals surface area contributed by atoms with Gasteiger partial charge in [-0.15, -0.1) is 0 Å². The van der Waals surface area contributed by atoms with Crippen molar-refractivity contribution in [1.29, 1.82) is 0 Å². The van der Waals surface area contributed by atoms with Gasteiger partial charge in [0.05, 0.1) is 12.3 Å². The standard InChI is InChI=1S/C12H10BrFN2O/c13-8-1-2-9(16-6-8)5-12(17)10-3-4-15-7-11(10)14/h1-4,6-7,12,17H,5H2. The number of hydrogen-bond acceptors (Lipinski definition) is 3. The molecule has 0 aliphatic heterocycles. The zero-order chi connectivity index (χ0) is 12.3. The molecule has 0 fully saturated rings. The second-order valence-electron chi connectivity index (χ2n) is 3.58. The van der Waals surface area contributed by atoms with Gasteiger partial charge in [-0.25, -0.2) is 4.39 Å². The average molecular weight is 297 g/mol. The average Bonchev–Trinajstić information content (AvgIpc) is 2.32. The fourth-order valence-corrected chi connectivity index (χ4v) is 1.73. The van der Waals surface area contributed by atoms with Crippen LogP contribution in [-0.4, -0.2) is 15.1 Å². The van der Waals surface area contributed by atoms with Crippen LogP contribution in [0.25, 0.3) is 0 Å². The summed E-state index contributed by atoms with van der Waals surface area (Å²) in [6.07, 6.45) is 3.55. The third kappa shape index (κ3) is 3.08. The van der Waals surface area contributed by atoms with E-state index < -0.39 is 11.9 Å². The quantitative estimate of drug-likeness (QED) is 0.947. The molecular weight excluding hydrogens is 287 g/mol. The Hall–Kier alpha value is -1.33. The number of hydrogen-bond donors (Lipinski definition) is 1. The minimum absolute atomic E-state index is 0.240. The summed E-state index contributed by atoms with van der Waals surface area (Å²) in [7, 11) is 0. The van der Waals surface area contributed by atoms with Crippen LogP contribution in [-0.2, 0) is 6.42 Å². The molecule has 0 radical (unpaired) electrons. The van der Waals surface area contributed by atoms with Gasteiger partial charge in [0.1, 0.15) is 5.82 Å². The minimum atomic E-state index is -0.910. The predicted molar refractivity (Wildman–Crippen MR) is 64.8 cm³/mol. The molecule has 0 amide bonds. The lowest BCUT2D eigenvalue weighted by atomic mass is 10.1. The van der Waals surface area contributed by atoms with Crippen molar-refractivity contribution < 1.29 is 9.50 Å². The Kier molecular flexibility index (Phi) is 3.81. The minimum Gasteiger partial charge on any atom is -0.388 e. The number of rotatable bonds is 3. The fourth-order valence-electron chi connectivity index (χ4n) is 1.49. The Morgan fingerprint density at radius 2 is 2.12 bits per heavy atom. The van der Waals surface area contributed by atoms with E-state index in [0.717, 1.165) is 10.7 Å². The van der Waals surface area contributed by atoms with Crippen molar-refractivity contribution in [1.82, 2.24) is 9.97 Å². The van der Waals surface area contributed by atoms with Gasteiger partial charge in [-0.3, -0.25) is 9.97 Å². The maximum Gasteiger partial charge on any atom is 0.147 e. The molecule has 1 atom stereocenters. The van der Waals surface area contributed by atoms with E-state index in [1.165, 1.54) is 12.3 Å². The first-order chi connectivity index (χ1) is 8.16. The van der Waals surface area contributed by atoms with Crippen molar-refractivity contribution in [2.45, 2.75) is 12.5 Å². The zero-order valence-electron chi connectivity index (χ0n) is 8.85. The highest BCUT2D eigenvalue weighted by atomic mass is 79.9. The lowest BCUT2D eigenvalue weighted by Gasteiger charge is -2.10. The third-order valence-corrected chi connectivity index (χ3v) is 2.82. The monoisotopic (exact) mass is 296 g/mol. The molecule has 2 heterocycles. The molecule has 3 nitrogen and oxygen atoms in total. The maximum atomic E-state index is 13.4. The molecule has 0 aliphatic carbocycles. The van der Waals surface area contributed by atoms with Crippen LogP contribution in [0.2, 0.25) is 0 Å². The van der Waals surface area contributed by atoms with E-state index in [2.05, 4.69) is 25.9 Å². The molecule has 2 aromatic heterocycles. The molecule has 0 bridgehead atoms. The van der Waals surface area contributed by atoms with E-state index in [1.807, 2.05) is 6.07 Å². The molecule has 1 N–H and O–H groups in total. The smallest absolute Gasteiger partial charge is 0.147 e. The number of aromatic nitrogens is 2. The number of aliphatic hydroxyl groups is 1. The van der Waals surface area contributed by atoms with Gasteiger partial charge in [-0.05, 0) is 34.1 Å². The molecule has 5 heteroatoms. The van der Waals surface area contributed by atoms with Crippen LogP contribution in [0.5, 0.6) is 0 Å². The molecular formula is C12H10BrFN2O. The molecule has 2 aromatic rings. The van der Waals surface area contributed by atoms with Crippen molar-refractivity contribution in [3.05, 3.63) is 58.3 Å². The normalized spacial score (nSPS) is 12.4. The second kappa shape index (κ2) is 5.33. The van der Waals surface area contributed by atoms with Crippen LogP contribution < -0.4 is 0 Å². The summed E-state index contributed by atoms with van der Waals surface area (Å²) in [5.41, 5.74) is 0.946. The first-order valence-electron chi connectivity index (χ1n) is 5.04. The first-order valence-corrected chi connectivity index (χ1v) is 5.84. The molecule has 0 spiro atoms. The Morgan fingerprint density at radius 3 is 2.76 bits per heavy atom. The summed E-state index contributed by atoms with van der Waals surface area (Å²) < 4.78 is 14.2. The highest BCUT2D eigenvalue weighted by Crippen LogP contribution is 2.20. The maximum absolute atomic E-state index is 13.4. The van der Waals surface area contributed by atoms with Crippen molar-refractivity contribution in [2.75, 3.05) is 0 Å². The van der Waals surface area contributed by atoms with Crippen molar-refractivity contribution in [2.24, 2.45) is 0 Å². The Labute approximate surface area is 106 Å². The lowest BCUT2D eigenvalue weighted by molar-refractivity contribution is 0.172. The highest BCUT2D eigenvalue weighted by molar-refractivity contribution is 9.10. The van der Waals surface area contributed by atoms with E-state index in [-0.39, 0.29) is 12.0 Å². The SMILES string of the molecule is OC(Cc1ccc(Br)cn1)c1ccncc1F. The summed E-state index contributed by atoms with van der Waals surface area (Å²) in [5.74, 6) is -0.503. The van der Waals surface area contributed by atoms with Crippen LogP contribution >= 0.6 is 15.9 Å². The van der Waals surface area contributed by atoms with Gasteiger partial charge in [0.2, 0.25) is 0 Å². The van der Waals surface area contributed by atoms with E-state index in [1.54, 1.807) is 12.3 Å².